The van der Waals surface area contributed by atoms with Gasteiger partial charge in [0.1, 0.15) is 0 Å². The molecule has 0 aromatic rings. The van der Waals surface area contributed by atoms with Gasteiger partial charge in [0.25, 0.3) is 0 Å². The molecule has 0 heterocycles. The number of hydrogen-bond acceptors (Lipinski definition) is 2. The van der Waals surface area contributed by atoms with E-state index >= 15 is 0 Å². The lowest BCUT2D eigenvalue weighted by molar-refractivity contribution is 0.190. The van der Waals surface area contributed by atoms with Crippen molar-refractivity contribution in [3.63, 3.8) is 0 Å². The maximum atomic E-state index is 10.1. The van der Waals surface area contributed by atoms with Gasteiger partial charge in [0.2, 0.25) is 0 Å². The van der Waals surface area contributed by atoms with E-state index in [0.29, 0.717) is 6.54 Å². The van der Waals surface area contributed by atoms with Gasteiger partial charge in [-0.1, -0.05) is 20.8 Å². The predicted octanol–water partition coefficient (Wildman–Crippen LogP) is 0.627. The van der Waals surface area contributed by atoms with E-state index in [-0.39, 0.29) is 11.5 Å². The summed E-state index contributed by atoms with van der Waals surface area (Å²) < 4.78 is 0. The van der Waals surface area contributed by atoms with Crippen LogP contribution in [-0.4, -0.2) is 23.8 Å². The van der Waals surface area contributed by atoms with E-state index in [9.17, 15) is 4.79 Å². The number of hydrogen-bond donors (Lipinski definition) is 3. The highest BCUT2D eigenvalue weighted by Gasteiger charge is 2.20. The third-order valence-corrected chi connectivity index (χ3v) is 1.59. The van der Waals surface area contributed by atoms with Crippen molar-refractivity contribution in [3.8, 4) is 0 Å². The van der Waals surface area contributed by atoms with Crippen molar-refractivity contribution < 1.29 is 9.90 Å². The minimum Gasteiger partial charge on any atom is -0.465 e. The van der Waals surface area contributed by atoms with Gasteiger partial charge in [-0.3, -0.25) is 0 Å². The standard InChI is InChI=1S/C7H16N2O2/c1-7(2,3)5(8)4-9-6(10)11/h5,9H,4,8H2,1-3H3,(H,10,11). The molecule has 0 rings (SSSR count). The molecular formula is C7H16N2O2. The summed E-state index contributed by atoms with van der Waals surface area (Å²) in [7, 11) is 0. The van der Waals surface area contributed by atoms with E-state index in [1.54, 1.807) is 0 Å². The first-order chi connectivity index (χ1) is 4.84. The average Bonchev–Trinajstić information content (AvgIpc) is 1.80. The molecule has 4 heteroatoms. The third kappa shape index (κ3) is 4.61. The molecule has 11 heavy (non-hydrogen) atoms. The monoisotopic (exact) mass is 160 g/mol. The van der Waals surface area contributed by atoms with Crippen LogP contribution < -0.4 is 11.1 Å². The Morgan fingerprint density at radius 1 is 1.64 bits per heavy atom. The normalized spacial score (nSPS) is 14.2. The Morgan fingerprint density at radius 2 is 2.09 bits per heavy atom. The van der Waals surface area contributed by atoms with Crippen LogP contribution in [0, 0.1) is 5.41 Å². The quantitative estimate of drug-likeness (QED) is 0.554. The van der Waals surface area contributed by atoms with Gasteiger partial charge in [-0.15, -0.1) is 0 Å². The molecule has 0 aliphatic carbocycles. The zero-order chi connectivity index (χ0) is 9.07. The highest BCUT2D eigenvalue weighted by molar-refractivity contribution is 5.64. The molecule has 0 spiro atoms. The third-order valence-electron chi connectivity index (χ3n) is 1.59. The van der Waals surface area contributed by atoms with E-state index in [4.69, 9.17) is 10.8 Å². The van der Waals surface area contributed by atoms with Crippen LogP contribution >= 0.6 is 0 Å². The van der Waals surface area contributed by atoms with Crippen LogP contribution in [-0.2, 0) is 0 Å². The van der Waals surface area contributed by atoms with Crippen molar-refractivity contribution >= 4 is 6.09 Å². The van der Waals surface area contributed by atoms with Crippen molar-refractivity contribution in [2.24, 2.45) is 11.1 Å². The van der Waals surface area contributed by atoms with Gasteiger partial charge in [-0.2, -0.15) is 0 Å². The minimum absolute atomic E-state index is 0.0531. The van der Waals surface area contributed by atoms with E-state index in [0.717, 1.165) is 0 Å². The summed E-state index contributed by atoms with van der Waals surface area (Å²) in [4.78, 5) is 10.1. The first-order valence-corrected chi connectivity index (χ1v) is 3.56. The molecule has 0 aromatic heterocycles. The highest BCUT2D eigenvalue weighted by Crippen LogP contribution is 2.16. The SMILES string of the molecule is CC(C)(C)C(N)CNC(=O)O. The van der Waals surface area contributed by atoms with Crippen molar-refractivity contribution in [2.75, 3.05) is 6.54 Å². The van der Waals surface area contributed by atoms with E-state index in [2.05, 4.69) is 5.32 Å². The molecule has 1 unspecified atom stereocenters. The van der Waals surface area contributed by atoms with Crippen molar-refractivity contribution in [1.29, 1.82) is 0 Å². The van der Waals surface area contributed by atoms with E-state index < -0.39 is 6.09 Å². The summed E-state index contributed by atoms with van der Waals surface area (Å²) in [6, 6.07) is -0.140. The predicted molar refractivity (Wildman–Crippen MR) is 43.5 cm³/mol. The molecular weight excluding hydrogens is 144 g/mol. The summed E-state index contributed by atoms with van der Waals surface area (Å²) in [6.07, 6.45) is -1.02. The van der Waals surface area contributed by atoms with Gasteiger partial charge in [-0.25, -0.2) is 4.79 Å². The smallest absolute Gasteiger partial charge is 0.404 e. The molecule has 0 fully saturated rings. The van der Waals surface area contributed by atoms with Gasteiger partial charge in [0, 0.05) is 12.6 Å². The Morgan fingerprint density at radius 3 is 2.36 bits per heavy atom. The zero-order valence-corrected chi connectivity index (χ0v) is 7.22. The Balaban J connectivity index is 3.70. The van der Waals surface area contributed by atoms with Crippen molar-refractivity contribution in [2.45, 2.75) is 26.8 Å². The van der Waals surface area contributed by atoms with E-state index in [1.807, 2.05) is 20.8 Å². The lowest BCUT2D eigenvalue weighted by Crippen LogP contribution is -2.44. The van der Waals surface area contributed by atoms with E-state index in [1.165, 1.54) is 0 Å². The highest BCUT2D eigenvalue weighted by atomic mass is 16.4. The Hall–Kier alpha value is -0.770. The van der Waals surface area contributed by atoms with Crippen LogP contribution in [0.1, 0.15) is 20.8 Å². The van der Waals surface area contributed by atoms with Gasteiger partial charge in [-0.05, 0) is 5.41 Å². The molecule has 0 aliphatic rings. The first kappa shape index (κ1) is 10.2. The number of rotatable bonds is 2. The largest absolute Gasteiger partial charge is 0.465 e. The van der Waals surface area contributed by atoms with Crippen LogP contribution in [0.2, 0.25) is 0 Å². The molecule has 0 saturated carbocycles. The summed E-state index contributed by atoms with van der Waals surface area (Å²) in [5.74, 6) is 0. The average molecular weight is 160 g/mol. The molecule has 1 atom stereocenters. The topological polar surface area (TPSA) is 75.3 Å². The summed E-state index contributed by atoms with van der Waals surface area (Å²) in [5, 5.41) is 10.5. The lowest BCUT2D eigenvalue weighted by Gasteiger charge is -2.26. The Kier molecular flexibility index (Phi) is 3.32. The second kappa shape index (κ2) is 3.57. The number of carboxylic acid groups (broad SMARTS) is 1. The number of nitrogens with two attached hydrogens (primary N) is 1. The number of nitrogens with one attached hydrogen (secondary N) is 1. The number of amides is 1. The molecule has 0 radical (unpaired) electrons. The van der Waals surface area contributed by atoms with Gasteiger partial charge >= 0.3 is 6.09 Å². The fourth-order valence-corrected chi connectivity index (χ4v) is 0.503. The molecule has 0 saturated heterocycles. The maximum Gasteiger partial charge on any atom is 0.404 e. The second-order valence-electron chi connectivity index (χ2n) is 3.66. The van der Waals surface area contributed by atoms with Gasteiger partial charge < -0.3 is 16.2 Å². The molecule has 66 valence electrons. The Bertz CT molecular complexity index is 140. The van der Waals surface area contributed by atoms with Crippen LogP contribution in [0.4, 0.5) is 4.79 Å². The first-order valence-electron chi connectivity index (χ1n) is 3.56. The molecule has 1 amide bonds. The van der Waals surface area contributed by atoms with Crippen molar-refractivity contribution in [3.05, 3.63) is 0 Å². The molecule has 4 N–H and O–H groups in total. The molecule has 0 aliphatic heterocycles. The van der Waals surface area contributed by atoms with Gasteiger partial charge in [0.15, 0.2) is 0 Å². The van der Waals surface area contributed by atoms with Gasteiger partial charge in [0.05, 0.1) is 0 Å². The second-order valence-corrected chi connectivity index (χ2v) is 3.66. The minimum atomic E-state index is -1.02. The molecule has 4 nitrogen and oxygen atoms in total. The zero-order valence-electron chi connectivity index (χ0n) is 7.22. The maximum absolute atomic E-state index is 10.1. The van der Waals surface area contributed by atoms with Crippen LogP contribution in [0.25, 0.3) is 0 Å². The summed E-state index contributed by atoms with van der Waals surface area (Å²) >= 11 is 0. The van der Waals surface area contributed by atoms with Crippen LogP contribution in [0.5, 0.6) is 0 Å². The molecule has 0 aromatic carbocycles. The molecule has 0 bridgehead atoms. The summed E-state index contributed by atoms with van der Waals surface area (Å²) in [6.45, 7) is 6.22. The van der Waals surface area contributed by atoms with Crippen molar-refractivity contribution in [1.82, 2.24) is 5.32 Å². The lowest BCUT2D eigenvalue weighted by atomic mass is 9.87. The Labute approximate surface area is 66.8 Å². The fourth-order valence-electron chi connectivity index (χ4n) is 0.503. The fraction of sp³-hybridized carbons (Fsp3) is 0.857. The number of carbonyl (C=O) groups is 1. The summed E-state index contributed by atoms with van der Waals surface area (Å²) in [5.41, 5.74) is 5.62. The van der Waals surface area contributed by atoms with Crippen LogP contribution in [0.3, 0.4) is 0 Å². The van der Waals surface area contributed by atoms with Crippen LogP contribution in [0.15, 0.2) is 0 Å².